The van der Waals surface area contributed by atoms with Crippen LogP contribution in [0.15, 0.2) is 60.0 Å². The van der Waals surface area contributed by atoms with Gasteiger partial charge < -0.3 is 14.2 Å². The molecule has 0 aliphatic carbocycles. The second kappa shape index (κ2) is 10.0. The van der Waals surface area contributed by atoms with Crippen LogP contribution in [0.5, 0.6) is 17.2 Å². The van der Waals surface area contributed by atoms with Gasteiger partial charge in [0, 0.05) is 11.6 Å². The van der Waals surface area contributed by atoms with Gasteiger partial charge in [0.2, 0.25) is 0 Å². The number of methoxy groups -OCH3 is 2. The first kappa shape index (κ1) is 20.8. The fourth-order valence-electron chi connectivity index (χ4n) is 2.69. The third kappa shape index (κ3) is 5.11. The van der Waals surface area contributed by atoms with Crippen LogP contribution in [0.2, 0.25) is 0 Å². The molecular formula is C22H22N4O4. The van der Waals surface area contributed by atoms with E-state index in [1.54, 1.807) is 32.5 Å². The minimum absolute atomic E-state index is 0.131. The summed E-state index contributed by atoms with van der Waals surface area (Å²) in [5.74, 6) is 1.48. The van der Waals surface area contributed by atoms with Crippen LogP contribution in [0.4, 0.5) is 0 Å². The van der Waals surface area contributed by atoms with Crippen molar-refractivity contribution in [2.75, 3.05) is 20.8 Å². The summed E-state index contributed by atoms with van der Waals surface area (Å²) in [6.07, 6.45) is 4.46. The Labute approximate surface area is 174 Å². The van der Waals surface area contributed by atoms with Crippen LogP contribution in [-0.2, 0) is 0 Å². The van der Waals surface area contributed by atoms with Crippen molar-refractivity contribution in [1.29, 1.82) is 0 Å². The molecule has 1 amide bonds. The number of carbonyl (C=O) groups is 1. The van der Waals surface area contributed by atoms with Crippen LogP contribution in [0.1, 0.15) is 23.0 Å². The summed E-state index contributed by atoms with van der Waals surface area (Å²) in [5, 5.41) is 3.97. The van der Waals surface area contributed by atoms with E-state index in [-0.39, 0.29) is 5.69 Å². The highest BCUT2D eigenvalue weighted by atomic mass is 16.5. The maximum atomic E-state index is 12.4. The van der Waals surface area contributed by atoms with Gasteiger partial charge in [0.1, 0.15) is 22.9 Å². The van der Waals surface area contributed by atoms with Crippen molar-refractivity contribution in [2.24, 2.45) is 5.10 Å². The fraction of sp³-hybridized carbons (Fsp3) is 0.182. The van der Waals surface area contributed by atoms with Gasteiger partial charge in [0.15, 0.2) is 0 Å². The number of hydrazone groups is 1. The predicted molar refractivity (Wildman–Crippen MR) is 113 cm³/mol. The number of amides is 1. The van der Waals surface area contributed by atoms with Crippen molar-refractivity contribution in [1.82, 2.24) is 15.4 Å². The van der Waals surface area contributed by atoms with Crippen molar-refractivity contribution >= 4 is 12.1 Å². The third-order valence-electron chi connectivity index (χ3n) is 4.10. The number of carbonyl (C=O) groups excluding carboxylic acids is 1. The van der Waals surface area contributed by atoms with E-state index in [1.165, 1.54) is 12.4 Å². The van der Waals surface area contributed by atoms with E-state index in [0.717, 1.165) is 5.56 Å². The molecule has 1 N–H and O–H groups in total. The molecule has 2 aromatic carbocycles. The van der Waals surface area contributed by atoms with E-state index < -0.39 is 5.91 Å². The number of rotatable bonds is 8. The van der Waals surface area contributed by atoms with Gasteiger partial charge in [0.25, 0.3) is 5.91 Å². The molecule has 0 atom stereocenters. The SMILES string of the molecule is CCOc1ccc(-c2cncc(C(=O)N/N=C/c3cccc(OC)c3)n2)c(OC)c1. The zero-order chi connectivity index (χ0) is 21.3. The molecule has 3 rings (SSSR count). The molecule has 0 aliphatic heterocycles. The summed E-state index contributed by atoms with van der Waals surface area (Å²) >= 11 is 0. The van der Waals surface area contributed by atoms with Gasteiger partial charge in [-0.2, -0.15) is 5.10 Å². The molecule has 0 saturated carbocycles. The first-order chi connectivity index (χ1) is 14.6. The Hall–Kier alpha value is -3.94. The van der Waals surface area contributed by atoms with Crippen molar-refractivity contribution in [3.05, 3.63) is 66.1 Å². The number of aromatic nitrogens is 2. The van der Waals surface area contributed by atoms with E-state index in [0.29, 0.717) is 35.1 Å². The van der Waals surface area contributed by atoms with Crippen LogP contribution < -0.4 is 19.6 Å². The van der Waals surface area contributed by atoms with Gasteiger partial charge in [-0.3, -0.25) is 9.78 Å². The summed E-state index contributed by atoms with van der Waals surface area (Å²) in [6.45, 7) is 2.46. The molecule has 0 aliphatic rings. The van der Waals surface area contributed by atoms with E-state index in [4.69, 9.17) is 14.2 Å². The predicted octanol–water partition coefficient (Wildman–Crippen LogP) is 3.32. The van der Waals surface area contributed by atoms with Crippen molar-refractivity contribution in [2.45, 2.75) is 6.92 Å². The number of ether oxygens (including phenoxy) is 3. The monoisotopic (exact) mass is 406 g/mol. The lowest BCUT2D eigenvalue weighted by molar-refractivity contribution is 0.0950. The molecule has 1 heterocycles. The smallest absolute Gasteiger partial charge is 0.291 e. The molecule has 0 saturated heterocycles. The summed E-state index contributed by atoms with van der Waals surface area (Å²) in [5.41, 5.74) is 4.57. The molecule has 8 nitrogen and oxygen atoms in total. The summed E-state index contributed by atoms with van der Waals surface area (Å²) in [4.78, 5) is 20.9. The Morgan fingerprint density at radius 3 is 2.73 bits per heavy atom. The standard InChI is InChI=1S/C22H22N4O4/c1-4-30-17-8-9-18(21(11-17)29-3)19-13-23-14-20(25-19)22(27)26-24-12-15-6-5-7-16(10-15)28-2/h5-14H,4H2,1-3H3,(H,26,27)/b24-12+. The van der Waals surface area contributed by atoms with E-state index >= 15 is 0 Å². The molecule has 30 heavy (non-hydrogen) atoms. The van der Waals surface area contributed by atoms with Crippen LogP contribution in [-0.4, -0.2) is 42.9 Å². The second-order valence-corrected chi connectivity index (χ2v) is 6.06. The first-order valence-electron chi connectivity index (χ1n) is 9.25. The Balaban J connectivity index is 1.76. The van der Waals surface area contributed by atoms with Crippen molar-refractivity contribution in [3.8, 4) is 28.5 Å². The maximum absolute atomic E-state index is 12.4. The number of hydrogen-bond acceptors (Lipinski definition) is 7. The first-order valence-corrected chi connectivity index (χ1v) is 9.25. The van der Waals surface area contributed by atoms with Gasteiger partial charge in [-0.25, -0.2) is 10.4 Å². The van der Waals surface area contributed by atoms with Gasteiger partial charge >= 0.3 is 0 Å². The maximum Gasteiger partial charge on any atom is 0.291 e. The molecule has 3 aromatic rings. The minimum Gasteiger partial charge on any atom is -0.497 e. The quantitative estimate of drug-likeness (QED) is 0.455. The highest BCUT2D eigenvalue weighted by Crippen LogP contribution is 2.32. The molecule has 154 valence electrons. The molecular weight excluding hydrogens is 384 g/mol. The molecule has 0 bridgehead atoms. The number of nitrogens with zero attached hydrogens (tertiary/aromatic N) is 3. The van der Waals surface area contributed by atoms with Crippen LogP contribution >= 0.6 is 0 Å². The summed E-state index contributed by atoms with van der Waals surface area (Å²) in [7, 11) is 3.15. The Morgan fingerprint density at radius 2 is 1.97 bits per heavy atom. The molecule has 0 spiro atoms. The highest BCUT2D eigenvalue weighted by molar-refractivity contribution is 5.93. The normalized spacial score (nSPS) is 10.6. The molecule has 0 fully saturated rings. The zero-order valence-electron chi connectivity index (χ0n) is 17.0. The number of hydrogen-bond donors (Lipinski definition) is 1. The lowest BCUT2D eigenvalue weighted by atomic mass is 10.1. The second-order valence-electron chi connectivity index (χ2n) is 6.06. The number of benzene rings is 2. The molecule has 1 aromatic heterocycles. The lowest BCUT2D eigenvalue weighted by Gasteiger charge is -2.11. The van der Waals surface area contributed by atoms with Crippen LogP contribution in [0, 0.1) is 0 Å². The van der Waals surface area contributed by atoms with Crippen LogP contribution in [0.3, 0.4) is 0 Å². The van der Waals surface area contributed by atoms with E-state index in [2.05, 4.69) is 20.5 Å². The van der Waals surface area contributed by atoms with Gasteiger partial charge in [0.05, 0.1) is 45.1 Å². The molecule has 0 radical (unpaired) electrons. The van der Waals surface area contributed by atoms with Gasteiger partial charge in [-0.1, -0.05) is 12.1 Å². The Morgan fingerprint density at radius 1 is 1.10 bits per heavy atom. The minimum atomic E-state index is -0.478. The van der Waals surface area contributed by atoms with Gasteiger partial charge in [-0.05, 0) is 36.8 Å². The Bertz CT molecular complexity index is 1050. The van der Waals surface area contributed by atoms with Gasteiger partial charge in [-0.15, -0.1) is 0 Å². The summed E-state index contributed by atoms with van der Waals surface area (Å²) < 4.78 is 16.1. The molecule has 0 unspecified atom stereocenters. The Kier molecular flexibility index (Phi) is 6.94. The molecule has 8 heteroatoms. The third-order valence-corrected chi connectivity index (χ3v) is 4.10. The topological polar surface area (TPSA) is 94.9 Å². The zero-order valence-corrected chi connectivity index (χ0v) is 17.0. The van der Waals surface area contributed by atoms with Crippen molar-refractivity contribution in [3.63, 3.8) is 0 Å². The van der Waals surface area contributed by atoms with E-state index in [9.17, 15) is 4.79 Å². The lowest BCUT2D eigenvalue weighted by Crippen LogP contribution is -2.19. The van der Waals surface area contributed by atoms with E-state index in [1.807, 2.05) is 37.3 Å². The van der Waals surface area contributed by atoms with Crippen molar-refractivity contribution < 1.29 is 19.0 Å². The highest BCUT2D eigenvalue weighted by Gasteiger charge is 2.13. The fourth-order valence-corrected chi connectivity index (χ4v) is 2.69. The largest absolute Gasteiger partial charge is 0.497 e. The average molecular weight is 406 g/mol. The number of nitrogens with one attached hydrogen (secondary N) is 1. The average Bonchev–Trinajstić information content (AvgIpc) is 2.79. The summed E-state index contributed by atoms with van der Waals surface area (Å²) in [6, 6.07) is 12.7. The van der Waals surface area contributed by atoms with Crippen LogP contribution in [0.25, 0.3) is 11.3 Å².